The van der Waals surface area contributed by atoms with Crippen molar-refractivity contribution in [1.82, 2.24) is 14.1 Å². The largest absolute Gasteiger partial charge is 0.454 e. The predicted molar refractivity (Wildman–Crippen MR) is 127 cm³/mol. The summed E-state index contributed by atoms with van der Waals surface area (Å²) >= 11 is 0. The summed E-state index contributed by atoms with van der Waals surface area (Å²) in [6.45, 7) is 7.15. The van der Waals surface area contributed by atoms with Gasteiger partial charge in [0.1, 0.15) is 0 Å². The van der Waals surface area contributed by atoms with E-state index in [0.29, 0.717) is 37.7 Å². The number of sulfonamides is 1. The third kappa shape index (κ3) is 4.78. The van der Waals surface area contributed by atoms with Gasteiger partial charge in [-0.3, -0.25) is 9.69 Å². The number of carbonyl (C=O) groups is 1. The van der Waals surface area contributed by atoms with Crippen LogP contribution >= 0.6 is 0 Å². The van der Waals surface area contributed by atoms with Crippen molar-refractivity contribution in [1.29, 1.82) is 0 Å². The number of fused-ring (bicyclic) bond motifs is 1. The number of rotatable bonds is 5. The fraction of sp³-hybridized carbons (Fsp3) is 0.480. The molecule has 0 atom stereocenters. The first-order chi connectivity index (χ1) is 16.4. The lowest BCUT2D eigenvalue weighted by Gasteiger charge is -2.35. The molecule has 2 fully saturated rings. The summed E-state index contributed by atoms with van der Waals surface area (Å²) in [5, 5.41) is 0. The van der Waals surface area contributed by atoms with Crippen LogP contribution in [0.25, 0.3) is 0 Å². The molecule has 3 aliphatic heterocycles. The molecule has 3 aliphatic rings. The van der Waals surface area contributed by atoms with Crippen molar-refractivity contribution in [3.05, 3.63) is 53.6 Å². The average Bonchev–Trinajstić information content (AvgIpc) is 3.32. The predicted octanol–water partition coefficient (Wildman–Crippen LogP) is 2.79. The Morgan fingerprint density at radius 2 is 1.59 bits per heavy atom. The fourth-order valence-electron chi connectivity index (χ4n) is 4.73. The summed E-state index contributed by atoms with van der Waals surface area (Å²) in [5.41, 5.74) is 1.68. The van der Waals surface area contributed by atoms with E-state index in [9.17, 15) is 13.2 Å². The molecule has 182 valence electrons. The van der Waals surface area contributed by atoms with Crippen LogP contribution in [0.2, 0.25) is 0 Å². The number of carbonyl (C=O) groups excluding carboxylic acids is 1. The lowest BCUT2D eigenvalue weighted by atomic mass is 10.0. The Balaban J connectivity index is 1.16. The highest BCUT2D eigenvalue weighted by atomic mass is 32.2. The zero-order valence-corrected chi connectivity index (χ0v) is 20.3. The molecule has 5 rings (SSSR count). The average molecular weight is 486 g/mol. The minimum Gasteiger partial charge on any atom is -0.454 e. The molecular formula is C25H31N3O5S. The van der Waals surface area contributed by atoms with Crippen LogP contribution in [0.4, 0.5) is 0 Å². The van der Waals surface area contributed by atoms with Crippen LogP contribution in [-0.4, -0.2) is 74.5 Å². The smallest absolute Gasteiger partial charge is 0.253 e. The maximum absolute atomic E-state index is 13.0. The normalized spacial score (nSPS) is 20.0. The Hall–Kier alpha value is -2.62. The molecule has 0 unspecified atom stereocenters. The number of nitrogens with zero attached hydrogens (tertiary/aromatic N) is 3. The van der Waals surface area contributed by atoms with E-state index in [0.717, 1.165) is 49.5 Å². The van der Waals surface area contributed by atoms with Crippen molar-refractivity contribution in [2.75, 3.05) is 46.1 Å². The number of hydrogen-bond donors (Lipinski definition) is 0. The standard InChI is InChI=1S/C25H31N3O5S/c1-19-8-10-28(11-9-19)34(30,31)22-5-3-21(4-6-22)25(29)27-14-12-26(13-15-27)17-20-2-7-23-24(16-20)33-18-32-23/h2-7,16,19H,8-15,17-18H2,1H3. The molecular weight excluding hydrogens is 454 g/mol. The molecule has 2 aromatic carbocycles. The molecule has 34 heavy (non-hydrogen) atoms. The van der Waals surface area contributed by atoms with E-state index in [4.69, 9.17) is 9.47 Å². The molecule has 2 saturated heterocycles. The Bertz CT molecular complexity index is 1140. The summed E-state index contributed by atoms with van der Waals surface area (Å²) in [6, 6.07) is 12.4. The maximum Gasteiger partial charge on any atom is 0.253 e. The van der Waals surface area contributed by atoms with Gasteiger partial charge in [0, 0.05) is 51.4 Å². The highest BCUT2D eigenvalue weighted by molar-refractivity contribution is 7.89. The Kier molecular flexibility index (Phi) is 6.50. The molecule has 0 N–H and O–H groups in total. The number of hydrogen-bond acceptors (Lipinski definition) is 6. The lowest BCUT2D eigenvalue weighted by Crippen LogP contribution is -2.48. The van der Waals surface area contributed by atoms with Crippen molar-refractivity contribution in [3.8, 4) is 11.5 Å². The fourth-order valence-corrected chi connectivity index (χ4v) is 6.20. The molecule has 0 saturated carbocycles. The Labute approximate surface area is 201 Å². The summed E-state index contributed by atoms with van der Waals surface area (Å²) in [5.74, 6) is 2.07. The van der Waals surface area contributed by atoms with Gasteiger partial charge < -0.3 is 14.4 Å². The van der Waals surface area contributed by atoms with E-state index in [1.54, 1.807) is 28.6 Å². The third-order valence-electron chi connectivity index (χ3n) is 6.98. The number of ether oxygens (including phenoxy) is 2. The van der Waals surface area contributed by atoms with Gasteiger partial charge in [-0.15, -0.1) is 0 Å². The zero-order valence-electron chi connectivity index (χ0n) is 19.5. The van der Waals surface area contributed by atoms with E-state index in [2.05, 4.69) is 11.8 Å². The van der Waals surface area contributed by atoms with Crippen molar-refractivity contribution in [2.45, 2.75) is 31.2 Å². The first-order valence-corrected chi connectivity index (χ1v) is 13.3. The van der Waals surface area contributed by atoms with Gasteiger partial charge >= 0.3 is 0 Å². The quantitative estimate of drug-likeness (QED) is 0.648. The van der Waals surface area contributed by atoms with Gasteiger partial charge in [-0.2, -0.15) is 4.31 Å². The maximum atomic E-state index is 13.0. The summed E-state index contributed by atoms with van der Waals surface area (Å²) in [7, 11) is -3.51. The van der Waals surface area contributed by atoms with Crippen molar-refractivity contribution >= 4 is 15.9 Å². The van der Waals surface area contributed by atoms with Crippen molar-refractivity contribution in [3.63, 3.8) is 0 Å². The molecule has 2 aromatic rings. The van der Waals surface area contributed by atoms with Crippen LogP contribution in [0.15, 0.2) is 47.4 Å². The van der Waals surface area contributed by atoms with Gasteiger partial charge in [0.15, 0.2) is 11.5 Å². The first kappa shape index (κ1) is 23.1. The highest BCUT2D eigenvalue weighted by Crippen LogP contribution is 2.33. The van der Waals surface area contributed by atoms with Gasteiger partial charge in [-0.25, -0.2) is 8.42 Å². The van der Waals surface area contributed by atoms with Crippen molar-refractivity contribution < 1.29 is 22.7 Å². The number of piperidine rings is 1. The molecule has 3 heterocycles. The van der Waals surface area contributed by atoms with Crippen LogP contribution in [0.1, 0.15) is 35.7 Å². The first-order valence-electron chi connectivity index (χ1n) is 11.9. The van der Waals surface area contributed by atoms with Crippen molar-refractivity contribution in [2.24, 2.45) is 5.92 Å². The van der Waals surface area contributed by atoms with E-state index in [1.807, 2.05) is 23.1 Å². The summed E-state index contributed by atoms with van der Waals surface area (Å²) in [6.07, 6.45) is 1.77. The zero-order chi connectivity index (χ0) is 23.7. The summed E-state index contributed by atoms with van der Waals surface area (Å²) in [4.78, 5) is 17.4. The Morgan fingerprint density at radius 1 is 0.912 bits per heavy atom. The number of amides is 1. The minimum absolute atomic E-state index is 0.0570. The molecule has 0 radical (unpaired) electrons. The molecule has 0 spiro atoms. The second-order valence-electron chi connectivity index (χ2n) is 9.37. The van der Waals surface area contributed by atoms with Gasteiger partial charge in [0.25, 0.3) is 5.91 Å². The van der Waals surface area contributed by atoms with Gasteiger partial charge in [-0.1, -0.05) is 13.0 Å². The van der Waals surface area contributed by atoms with E-state index >= 15 is 0 Å². The van der Waals surface area contributed by atoms with Gasteiger partial charge in [0.2, 0.25) is 16.8 Å². The SMILES string of the molecule is CC1CCN(S(=O)(=O)c2ccc(C(=O)N3CCN(Cc4ccc5c(c4)OCO5)CC3)cc2)CC1. The van der Waals surface area contributed by atoms with E-state index in [-0.39, 0.29) is 17.6 Å². The van der Waals surface area contributed by atoms with Gasteiger partial charge in [0.05, 0.1) is 4.90 Å². The second kappa shape index (κ2) is 9.56. The topological polar surface area (TPSA) is 79.4 Å². The monoisotopic (exact) mass is 485 g/mol. The number of piperazine rings is 1. The van der Waals surface area contributed by atoms with Crippen LogP contribution in [0.5, 0.6) is 11.5 Å². The molecule has 9 heteroatoms. The van der Waals surface area contributed by atoms with Gasteiger partial charge in [-0.05, 0) is 60.7 Å². The van der Waals surface area contributed by atoms with E-state index < -0.39 is 10.0 Å². The molecule has 0 bridgehead atoms. The second-order valence-corrected chi connectivity index (χ2v) is 11.3. The highest BCUT2D eigenvalue weighted by Gasteiger charge is 2.29. The van der Waals surface area contributed by atoms with Crippen LogP contribution in [0, 0.1) is 5.92 Å². The third-order valence-corrected chi connectivity index (χ3v) is 8.90. The van der Waals surface area contributed by atoms with E-state index in [1.165, 1.54) is 0 Å². The van der Waals surface area contributed by atoms with Crippen LogP contribution in [-0.2, 0) is 16.6 Å². The van der Waals surface area contributed by atoms with Crippen LogP contribution < -0.4 is 9.47 Å². The molecule has 0 aliphatic carbocycles. The summed E-state index contributed by atoms with van der Waals surface area (Å²) < 4.78 is 38.3. The molecule has 8 nitrogen and oxygen atoms in total. The minimum atomic E-state index is -3.51. The number of benzene rings is 2. The Morgan fingerprint density at radius 3 is 2.29 bits per heavy atom. The molecule has 0 aromatic heterocycles. The lowest BCUT2D eigenvalue weighted by molar-refractivity contribution is 0.0628. The molecule has 1 amide bonds. The van der Waals surface area contributed by atoms with Crippen LogP contribution in [0.3, 0.4) is 0 Å².